The molecule has 398 valence electrons. The van der Waals surface area contributed by atoms with Crippen molar-refractivity contribution in [3.63, 3.8) is 0 Å². The van der Waals surface area contributed by atoms with Gasteiger partial charge in [-0.1, -0.05) is 290 Å². The summed E-state index contributed by atoms with van der Waals surface area (Å²) in [4.78, 5) is 26.3. The molecule has 0 radical (unpaired) electrons. The summed E-state index contributed by atoms with van der Waals surface area (Å²) in [6, 6.07) is -0.699. The van der Waals surface area contributed by atoms with E-state index in [-0.39, 0.29) is 24.9 Å². The molecule has 0 aliphatic heterocycles. The molecule has 67 heavy (non-hydrogen) atoms. The van der Waals surface area contributed by atoms with Crippen LogP contribution >= 0.6 is 0 Å². The molecule has 0 fully saturated rings. The summed E-state index contributed by atoms with van der Waals surface area (Å²) in [5.41, 5.74) is 0. The Balaban J connectivity index is 4.48. The lowest BCUT2D eigenvalue weighted by Gasteiger charge is -2.24. The van der Waals surface area contributed by atoms with Gasteiger partial charge < -0.3 is 20.3 Å². The van der Waals surface area contributed by atoms with Crippen molar-refractivity contribution in [1.29, 1.82) is 0 Å². The van der Waals surface area contributed by atoms with Gasteiger partial charge in [-0.2, -0.15) is 0 Å². The first-order valence-corrected chi connectivity index (χ1v) is 30.4. The van der Waals surface area contributed by atoms with Gasteiger partial charge in [0.05, 0.1) is 25.2 Å². The highest BCUT2D eigenvalue weighted by Crippen LogP contribution is 2.19. The number of rotatable bonds is 56. The second-order valence-corrected chi connectivity index (χ2v) is 21.1. The van der Waals surface area contributed by atoms with Crippen molar-refractivity contribution in [2.24, 2.45) is 0 Å². The van der Waals surface area contributed by atoms with Crippen molar-refractivity contribution >= 4 is 11.9 Å². The van der Waals surface area contributed by atoms with Gasteiger partial charge in [0.2, 0.25) is 5.91 Å². The normalized spacial score (nSPS) is 13.1. The molecule has 0 aromatic carbocycles. The van der Waals surface area contributed by atoms with Gasteiger partial charge in [-0.05, 0) is 51.4 Å². The smallest absolute Gasteiger partial charge is 0.306 e. The maximum Gasteiger partial charge on any atom is 0.306 e. The lowest BCUT2D eigenvalue weighted by Crippen LogP contribution is -2.46. The number of nitrogens with one attached hydrogen (secondary N) is 1. The van der Waals surface area contributed by atoms with E-state index in [1.54, 1.807) is 0 Å². The van der Waals surface area contributed by atoms with Crippen LogP contribution in [0.5, 0.6) is 0 Å². The highest BCUT2D eigenvalue weighted by atomic mass is 16.5. The lowest BCUT2D eigenvalue weighted by atomic mass is 10.0. The van der Waals surface area contributed by atoms with Crippen LogP contribution in [0.1, 0.15) is 342 Å². The molecule has 0 heterocycles. The van der Waals surface area contributed by atoms with Crippen molar-refractivity contribution in [2.75, 3.05) is 6.61 Å². The molecule has 0 rings (SSSR count). The summed E-state index contributed by atoms with van der Waals surface area (Å²) >= 11 is 0. The number of amides is 1. The summed E-state index contributed by atoms with van der Waals surface area (Å²) < 4.78 is 5.97. The number of aliphatic hydroxyl groups excluding tert-OH is 2. The molecule has 3 atom stereocenters. The first-order chi connectivity index (χ1) is 33.0. The zero-order valence-electron chi connectivity index (χ0n) is 45.6. The fourth-order valence-electron chi connectivity index (χ4n) is 9.72. The molecular formula is C61H119NO5. The molecule has 0 aromatic rings. The summed E-state index contributed by atoms with van der Waals surface area (Å²) in [6.45, 7) is 6.53. The Hall–Kier alpha value is -1.40. The Morgan fingerprint density at radius 2 is 0.716 bits per heavy atom. The van der Waals surface area contributed by atoms with E-state index < -0.39 is 18.2 Å². The molecule has 0 saturated heterocycles. The third kappa shape index (κ3) is 50.8. The van der Waals surface area contributed by atoms with E-state index in [1.165, 1.54) is 238 Å². The van der Waals surface area contributed by atoms with Crippen molar-refractivity contribution in [1.82, 2.24) is 5.32 Å². The number of allylic oxidation sites excluding steroid dienone is 2. The fraction of sp³-hybridized carbons (Fsp3) is 0.934. The Bertz CT molecular complexity index is 1020. The Kier molecular flexibility index (Phi) is 54.4. The largest absolute Gasteiger partial charge is 0.462 e. The zero-order valence-corrected chi connectivity index (χ0v) is 45.6. The van der Waals surface area contributed by atoms with E-state index in [0.717, 1.165) is 57.8 Å². The predicted octanol–water partition coefficient (Wildman–Crippen LogP) is 18.9. The van der Waals surface area contributed by atoms with Crippen LogP contribution in [-0.2, 0) is 14.3 Å². The van der Waals surface area contributed by atoms with E-state index in [9.17, 15) is 19.8 Å². The minimum atomic E-state index is -0.786. The molecule has 0 aliphatic rings. The van der Waals surface area contributed by atoms with Gasteiger partial charge >= 0.3 is 5.97 Å². The number of esters is 1. The molecule has 3 unspecified atom stereocenters. The van der Waals surface area contributed by atoms with Gasteiger partial charge in [0.1, 0.15) is 6.10 Å². The van der Waals surface area contributed by atoms with Gasteiger partial charge in [-0.15, -0.1) is 0 Å². The number of unbranched alkanes of at least 4 members (excludes halogenated alkanes) is 42. The quantitative estimate of drug-likeness (QED) is 0.0321. The third-order valence-corrected chi connectivity index (χ3v) is 14.3. The van der Waals surface area contributed by atoms with Gasteiger partial charge in [0.25, 0.3) is 0 Å². The number of aliphatic hydroxyl groups is 2. The summed E-state index contributed by atoms with van der Waals surface area (Å²) in [7, 11) is 0. The van der Waals surface area contributed by atoms with Gasteiger partial charge in [0.15, 0.2) is 0 Å². The SMILES string of the molecule is CCCCCCCC/C=C/CCCCCCCC(CC(=O)NC(CO)C(O)CCCCCCCCCCCCCCCCCCC)OC(=O)CCCCCCCCCCCCCCCCCC. The first-order valence-electron chi connectivity index (χ1n) is 30.4. The van der Waals surface area contributed by atoms with Crippen LogP contribution in [0.15, 0.2) is 12.2 Å². The van der Waals surface area contributed by atoms with Crippen LogP contribution in [-0.4, -0.2) is 46.9 Å². The molecule has 1 amide bonds. The predicted molar refractivity (Wildman–Crippen MR) is 292 cm³/mol. The molecular weight excluding hydrogens is 827 g/mol. The Morgan fingerprint density at radius 3 is 1.06 bits per heavy atom. The van der Waals surface area contributed by atoms with Crippen LogP contribution in [0.25, 0.3) is 0 Å². The topological polar surface area (TPSA) is 95.9 Å². The molecule has 0 bridgehead atoms. The van der Waals surface area contributed by atoms with E-state index in [1.807, 2.05) is 0 Å². The number of hydrogen-bond acceptors (Lipinski definition) is 5. The highest BCUT2D eigenvalue weighted by molar-refractivity contribution is 5.77. The zero-order chi connectivity index (χ0) is 48.8. The van der Waals surface area contributed by atoms with Crippen molar-refractivity contribution < 1.29 is 24.5 Å². The van der Waals surface area contributed by atoms with Crippen LogP contribution in [0.2, 0.25) is 0 Å². The van der Waals surface area contributed by atoms with Crippen LogP contribution in [0, 0.1) is 0 Å². The van der Waals surface area contributed by atoms with Crippen LogP contribution in [0.4, 0.5) is 0 Å². The minimum Gasteiger partial charge on any atom is -0.462 e. The Morgan fingerprint density at radius 1 is 0.418 bits per heavy atom. The summed E-state index contributed by atoms with van der Waals surface area (Å²) in [5, 5.41) is 23.9. The Labute approximate surface area is 419 Å². The minimum absolute atomic E-state index is 0.0798. The average Bonchev–Trinajstić information content (AvgIpc) is 3.32. The summed E-state index contributed by atoms with van der Waals surface area (Å²) in [6.07, 6.45) is 64.2. The number of carbonyl (C=O) groups excluding carboxylic acids is 2. The van der Waals surface area contributed by atoms with E-state index in [4.69, 9.17) is 4.74 Å². The van der Waals surface area contributed by atoms with Crippen LogP contribution < -0.4 is 5.32 Å². The molecule has 3 N–H and O–H groups in total. The van der Waals surface area contributed by atoms with E-state index >= 15 is 0 Å². The van der Waals surface area contributed by atoms with Gasteiger partial charge in [-0.3, -0.25) is 9.59 Å². The second kappa shape index (κ2) is 55.5. The molecule has 6 heteroatoms. The molecule has 0 spiro atoms. The van der Waals surface area contributed by atoms with Crippen molar-refractivity contribution in [3.05, 3.63) is 12.2 Å². The van der Waals surface area contributed by atoms with Crippen molar-refractivity contribution in [3.8, 4) is 0 Å². The third-order valence-electron chi connectivity index (χ3n) is 14.3. The van der Waals surface area contributed by atoms with Crippen molar-refractivity contribution in [2.45, 2.75) is 360 Å². The maximum absolute atomic E-state index is 13.3. The fourth-order valence-corrected chi connectivity index (χ4v) is 9.72. The number of carbonyl (C=O) groups is 2. The maximum atomic E-state index is 13.3. The molecule has 0 aromatic heterocycles. The standard InChI is InChI=1S/C61H119NO5/c1-4-7-10-13-16-19-22-25-28-30-32-35-38-41-44-47-50-53-59(64)58(56-63)62-60(65)55-57(52-49-46-43-40-37-34-31-27-24-21-18-15-12-9-6-3)67-61(66)54-51-48-45-42-39-36-33-29-26-23-20-17-14-11-8-5-2/h27,31,57-59,63-64H,4-26,28-30,32-56H2,1-3H3,(H,62,65)/b31-27+. The molecule has 0 saturated carbocycles. The highest BCUT2D eigenvalue weighted by Gasteiger charge is 2.24. The van der Waals surface area contributed by atoms with Gasteiger partial charge in [-0.25, -0.2) is 0 Å². The number of ether oxygens (including phenoxy) is 1. The summed E-state index contributed by atoms with van der Waals surface area (Å²) in [5.74, 6) is -0.457. The van der Waals surface area contributed by atoms with E-state index in [2.05, 4.69) is 38.2 Å². The first kappa shape index (κ1) is 65.6. The number of hydrogen-bond donors (Lipinski definition) is 3. The van der Waals surface area contributed by atoms with E-state index in [0.29, 0.717) is 19.3 Å². The lowest BCUT2D eigenvalue weighted by molar-refractivity contribution is -0.151. The van der Waals surface area contributed by atoms with Gasteiger partial charge in [0, 0.05) is 6.42 Å². The molecule has 6 nitrogen and oxygen atoms in total. The second-order valence-electron chi connectivity index (χ2n) is 21.1. The monoisotopic (exact) mass is 946 g/mol. The molecule has 0 aliphatic carbocycles. The van der Waals surface area contributed by atoms with Crippen LogP contribution in [0.3, 0.4) is 0 Å². The average molecular weight is 947 g/mol.